The van der Waals surface area contributed by atoms with Crippen LogP contribution in [0.4, 0.5) is 13.2 Å². The summed E-state index contributed by atoms with van der Waals surface area (Å²) < 4.78 is 47.5. The van der Waals surface area contributed by atoms with Gasteiger partial charge in [0.05, 0.1) is 16.6 Å². The number of alkyl halides is 3. The van der Waals surface area contributed by atoms with E-state index in [9.17, 15) is 18.0 Å². The molecule has 188 valence electrons. The Labute approximate surface area is 214 Å². The number of fused-ring (bicyclic) bond motifs is 1. The van der Waals surface area contributed by atoms with E-state index in [-0.39, 0.29) is 31.0 Å². The third-order valence-corrected chi connectivity index (χ3v) is 6.09. The molecule has 10 heteroatoms. The number of oxazole rings is 1. The van der Waals surface area contributed by atoms with Gasteiger partial charge < -0.3 is 9.73 Å². The molecule has 5 aromatic rings. The number of halogens is 4. The lowest BCUT2D eigenvalue weighted by molar-refractivity contribution is -0.138. The van der Waals surface area contributed by atoms with Gasteiger partial charge in [-0.05, 0) is 35.9 Å². The third kappa shape index (κ3) is 5.36. The maximum atomic E-state index is 13.2. The molecule has 37 heavy (non-hydrogen) atoms. The van der Waals surface area contributed by atoms with Crippen LogP contribution in [0.5, 0.6) is 0 Å². The van der Waals surface area contributed by atoms with E-state index in [1.54, 1.807) is 35.2 Å². The van der Waals surface area contributed by atoms with Crippen LogP contribution in [-0.4, -0.2) is 20.4 Å². The number of imidazole rings is 1. The van der Waals surface area contributed by atoms with Gasteiger partial charge in [0.2, 0.25) is 5.91 Å². The van der Waals surface area contributed by atoms with E-state index in [4.69, 9.17) is 16.0 Å². The zero-order valence-electron chi connectivity index (χ0n) is 19.3. The Morgan fingerprint density at radius 2 is 1.73 bits per heavy atom. The fourth-order valence-electron chi connectivity index (χ4n) is 4.02. The number of nitrogens with one attached hydrogen (secondary N) is 1. The zero-order chi connectivity index (χ0) is 26.0. The standard InChI is InChI=1S/C27H20ClF3N4O2/c28-19-11-9-17(10-12-19)25-23(37-26(34-25)35-16-33-21-7-3-4-8-22(21)35)13-14-24(36)32-15-18-5-1-2-6-20(18)27(29,30)31/h1-12,16H,13-15H2,(H,32,36). The van der Waals surface area contributed by atoms with E-state index < -0.39 is 17.6 Å². The maximum Gasteiger partial charge on any atom is 0.416 e. The van der Waals surface area contributed by atoms with Gasteiger partial charge in [-0.3, -0.25) is 9.36 Å². The van der Waals surface area contributed by atoms with Crippen LogP contribution in [0.1, 0.15) is 23.3 Å². The SMILES string of the molecule is O=C(CCc1oc(-n2cnc3ccccc32)nc1-c1ccc(Cl)cc1)NCc1ccccc1C(F)(F)F. The fourth-order valence-corrected chi connectivity index (χ4v) is 4.14. The second-order valence-electron chi connectivity index (χ2n) is 8.31. The zero-order valence-corrected chi connectivity index (χ0v) is 20.1. The molecule has 0 bridgehead atoms. The van der Waals surface area contributed by atoms with Gasteiger partial charge in [-0.1, -0.05) is 54.1 Å². The summed E-state index contributed by atoms with van der Waals surface area (Å²) in [4.78, 5) is 21.6. The molecule has 0 spiro atoms. The van der Waals surface area contributed by atoms with Crippen molar-refractivity contribution >= 4 is 28.5 Å². The molecule has 5 rings (SSSR count). The summed E-state index contributed by atoms with van der Waals surface area (Å²) in [6.45, 7) is -0.235. The lowest BCUT2D eigenvalue weighted by atomic mass is 10.1. The number of carbonyl (C=O) groups excluding carboxylic acids is 1. The number of hydrogen-bond donors (Lipinski definition) is 1. The van der Waals surface area contributed by atoms with Crippen LogP contribution in [0.3, 0.4) is 0 Å². The number of rotatable bonds is 7. The van der Waals surface area contributed by atoms with Gasteiger partial charge in [0.25, 0.3) is 0 Å². The number of benzene rings is 3. The number of amides is 1. The normalized spacial score (nSPS) is 11.7. The lowest BCUT2D eigenvalue weighted by Gasteiger charge is -2.13. The van der Waals surface area contributed by atoms with Crippen LogP contribution in [0.2, 0.25) is 5.02 Å². The molecular formula is C27H20ClF3N4O2. The molecule has 0 radical (unpaired) electrons. The Kier molecular flexibility index (Phi) is 6.71. The van der Waals surface area contributed by atoms with E-state index in [1.807, 2.05) is 24.3 Å². The summed E-state index contributed by atoms with van der Waals surface area (Å²) in [5.41, 5.74) is 2.10. The highest BCUT2D eigenvalue weighted by Gasteiger charge is 2.32. The number of para-hydroxylation sites is 2. The average molecular weight is 525 g/mol. The van der Waals surface area contributed by atoms with Crippen LogP contribution < -0.4 is 5.32 Å². The number of aromatic nitrogens is 3. The molecule has 0 aliphatic heterocycles. The molecule has 0 aliphatic carbocycles. The Morgan fingerprint density at radius 3 is 2.51 bits per heavy atom. The Balaban J connectivity index is 1.37. The highest BCUT2D eigenvalue weighted by molar-refractivity contribution is 6.30. The van der Waals surface area contributed by atoms with Crippen LogP contribution >= 0.6 is 11.6 Å². The minimum Gasteiger partial charge on any atom is -0.427 e. The Hall–Kier alpha value is -4.11. The van der Waals surface area contributed by atoms with Gasteiger partial charge in [0.15, 0.2) is 0 Å². The molecule has 2 heterocycles. The van der Waals surface area contributed by atoms with Crippen LogP contribution in [0, 0.1) is 0 Å². The van der Waals surface area contributed by atoms with Crippen LogP contribution in [-0.2, 0) is 23.9 Å². The van der Waals surface area contributed by atoms with Gasteiger partial charge >= 0.3 is 12.2 Å². The summed E-state index contributed by atoms with van der Waals surface area (Å²) in [5, 5.41) is 3.14. The van der Waals surface area contributed by atoms with Crippen molar-refractivity contribution in [1.82, 2.24) is 19.9 Å². The minimum atomic E-state index is -4.50. The molecule has 0 fully saturated rings. The summed E-state index contributed by atoms with van der Waals surface area (Å²) in [6.07, 6.45) is -2.71. The van der Waals surface area contributed by atoms with Gasteiger partial charge in [0, 0.05) is 30.0 Å². The molecule has 1 amide bonds. The molecule has 0 atom stereocenters. The van der Waals surface area contributed by atoms with Crippen molar-refractivity contribution in [3.63, 3.8) is 0 Å². The van der Waals surface area contributed by atoms with Gasteiger partial charge in [0.1, 0.15) is 17.8 Å². The van der Waals surface area contributed by atoms with Crippen molar-refractivity contribution in [3.05, 3.63) is 101 Å². The van der Waals surface area contributed by atoms with Crippen molar-refractivity contribution in [1.29, 1.82) is 0 Å². The second kappa shape index (κ2) is 10.1. The van der Waals surface area contributed by atoms with Crippen molar-refractivity contribution in [3.8, 4) is 17.3 Å². The first-order chi connectivity index (χ1) is 17.8. The van der Waals surface area contributed by atoms with Crippen molar-refractivity contribution in [2.24, 2.45) is 0 Å². The molecule has 0 saturated carbocycles. The quantitative estimate of drug-likeness (QED) is 0.260. The molecule has 3 aromatic carbocycles. The number of carbonyl (C=O) groups is 1. The highest BCUT2D eigenvalue weighted by atomic mass is 35.5. The Bertz CT molecular complexity index is 1560. The summed E-state index contributed by atoms with van der Waals surface area (Å²) in [6, 6.07) is 20.0. The van der Waals surface area contributed by atoms with Crippen LogP contribution in [0.25, 0.3) is 28.3 Å². The van der Waals surface area contributed by atoms with Gasteiger partial charge in [-0.15, -0.1) is 0 Å². The molecule has 2 aromatic heterocycles. The van der Waals surface area contributed by atoms with Gasteiger partial charge in [-0.2, -0.15) is 18.2 Å². The topological polar surface area (TPSA) is 73.0 Å². The van der Waals surface area contributed by atoms with Crippen molar-refractivity contribution in [2.45, 2.75) is 25.6 Å². The predicted octanol–water partition coefficient (Wildman–Crippen LogP) is 6.60. The number of hydrogen-bond acceptors (Lipinski definition) is 4. The third-order valence-electron chi connectivity index (χ3n) is 5.84. The molecule has 0 aliphatic rings. The van der Waals surface area contributed by atoms with E-state index in [1.165, 1.54) is 18.2 Å². The number of nitrogens with zero attached hydrogens (tertiary/aromatic N) is 3. The van der Waals surface area contributed by atoms with E-state index in [2.05, 4.69) is 15.3 Å². The predicted molar refractivity (Wildman–Crippen MR) is 133 cm³/mol. The molecular weight excluding hydrogens is 505 g/mol. The smallest absolute Gasteiger partial charge is 0.416 e. The number of aryl methyl sites for hydroxylation is 1. The van der Waals surface area contributed by atoms with E-state index >= 15 is 0 Å². The second-order valence-corrected chi connectivity index (χ2v) is 8.75. The van der Waals surface area contributed by atoms with E-state index in [0.29, 0.717) is 16.5 Å². The summed E-state index contributed by atoms with van der Waals surface area (Å²) in [5.74, 6) is 0.0472. The summed E-state index contributed by atoms with van der Waals surface area (Å²) >= 11 is 6.04. The van der Waals surface area contributed by atoms with Crippen LogP contribution in [0.15, 0.2) is 83.5 Å². The van der Waals surface area contributed by atoms with Crippen molar-refractivity contribution in [2.75, 3.05) is 0 Å². The fraction of sp³-hybridized carbons (Fsp3) is 0.148. The molecule has 1 N–H and O–H groups in total. The first kappa shape index (κ1) is 24.6. The average Bonchev–Trinajstić information content (AvgIpc) is 3.50. The Morgan fingerprint density at radius 1 is 1.00 bits per heavy atom. The first-order valence-corrected chi connectivity index (χ1v) is 11.8. The lowest BCUT2D eigenvalue weighted by Crippen LogP contribution is -2.24. The van der Waals surface area contributed by atoms with Crippen molar-refractivity contribution < 1.29 is 22.4 Å². The highest BCUT2D eigenvalue weighted by Crippen LogP contribution is 2.32. The van der Waals surface area contributed by atoms with E-state index in [0.717, 1.165) is 22.7 Å². The molecule has 0 saturated heterocycles. The molecule has 0 unspecified atom stereocenters. The minimum absolute atomic E-state index is 0.000796. The largest absolute Gasteiger partial charge is 0.427 e. The monoisotopic (exact) mass is 524 g/mol. The maximum absolute atomic E-state index is 13.2. The van der Waals surface area contributed by atoms with Gasteiger partial charge in [-0.25, -0.2) is 4.98 Å². The molecule has 6 nitrogen and oxygen atoms in total. The first-order valence-electron chi connectivity index (χ1n) is 11.4. The summed E-state index contributed by atoms with van der Waals surface area (Å²) in [7, 11) is 0.